The van der Waals surface area contributed by atoms with E-state index in [0.29, 0.717) is 18.8 Å². The third-order valence-corrected chi connectivity index (χ3v) is 2.39. The molecule has 0 aliphatic rings. The molecule has 1 rings (SSSR count). The molecule has 0 fully saturated rings. The summed E-state index contributed by atoms with van der Waals surface area (Å²) in [7, 11) is 0. The van der Waals surface area contributed by atoms with Gasteiger partial charge >= 0.3 is 0 Å². The van der Waals surface area contributed by atoms with Gasteiger partial charge in [-0.1, -0.05) is 6.07 Å². The third kappa shape index (κ3) is 5.36. The van der Waals surface area contributed by atoms with Crippen molar-refractivity contribution < 1.29 is 9.66 Å². The Kier molecular flexibility index (Phi) is 5.76. The van der Waals surface area contributed by atoms with Crippen LogP contribution in [-0.2, 0) is 0 Å². The number of rotatable bonds is 7. The number of nitrogens with zero attached hydrogens (tertiary/aromatic N) is 2. The summed E-state index contributed by atoms with van der Waals surface area (Å²) in [6, 6.07) is 8.10. The maximum atomic E-state index is 10.6. The summed E-state index contributed by atoms with van der Waals surface area (Å²) < 4.78 is 5.42. The number of non-ortho nitro benzene ring substituents is 1. The summed E-state index contributed by atoms with van der Waals surface area (Å²) in [6.07, 6.45) is 0.525. The summed E-state index contributed by atoms with van der Waals surface area (Å²) in [5.74, 6) is 0.440. The SMILES string of the molecule is CC(C)NC(C#N)CCOc1cccc([N+](=O)[O-])c1. The van der Waals surface area contributed by atoms with Crippen LogP contribution < -0.4 is 10.1 Å². The van der Waals surface area contributed by atoms with Crippen molar-refractivity contribution in [3.05, 3.63) is 34.4 Å². The fourth-order valence-corrected chi connectivity index (χ4v) is 1.57. The number of ether oxygens (including phenoxy) is 1. The van der Waals surface area contributed by atoms with E-state index >= 15 is 0 Å². The lowest BCUT2D eigenvalue weighted by atomic mass is 10.2. The maximum Gasteiger partial charge on any atom is 0.273 e. The fraction of sp³-hybridized carbons (Fsp3) is 0.462. The Morgan fingerprint density at radius 1 is 1.53 bits per heavy atom. The van der Waals surface area contributed by atoms with E-state index in [1.807, 2.05) is 13.8 Å². The standard InChI is InChI=1S/C13H17N3O3/c1-10(2)15-11(9-14)6-7-19-13-5-3-4-12(8-13)16(17)18/h3-5,8,10-11,15H,6-7H2,1-2H3. The highest BCUT2D eigenvalue weighted by molar-refractivity contribution is 5.37. The highest BCUT2D eigenvalue weighted by Crippen LogP contribution is 2.19. The van der Waals surface area contributed by atoms with Gasteiger partial charge in [0.1, 0.15) is 5.75 Å². The lowest BCUT2D eigenvalue weighted by Crippen LogP contribution is -2.34. The first kappa shape index (κ1) is 14.9. The molecule has 0 amide bonds. The maximum absolute atomic E-state index is 10.6. The molecule has 0 aliphatic carbocycles. The van der Waals surface area contributed by atoms with E-state index in [9.17, 15) is 10.1 Å². The molecule has 6 nitrogen and oxygen atoms in total. The van der Waals surface area contributed by atoms with Crippen molar-refractivity contribution in [3.63, 3.8) is 0 Å². The molecule has 1 aromatic rings. The van der Waals surface area contributed by atoms with Crippen molar-refractivity contribution >= 4 is 5.69 Å². The van der Waals surface area contributed by atoms with Crippen LogP contribution in [0.25, 0.3) is 0 Å². The third-order valence-electron chi connectivity index (χ3n) is 2.39. The summed E-state index contributed by atoms with van der Waals surface area (Å²) in [4.78, 5) is 10.1. The van der Waals surface area contributed by atoms with Gasteiger partial charge in [0.15, 0.2) is 0 Å². The monoisotopic (exact) mass is 263 g/mol. The molecule has 6 heteroatoms. The van der Waals surface area contributed by atoms with Crippen LogP contribution in [0, 0.1) is 21.4 Å². The van der Waals surface area contributed by atoms with Crippen LogP contribution in [0.1, 0.15) is 20.3 Å². The van der Waals surface area contributed by atoms with Crippen LogP contribution in [0.15, 0.2) is 24.3 Å². The van der Waals surface area contributed by atoms with E-state index in [2.05, 4.69) is 11.4 Å². The second-order valence-corrected chi connectivity index (χ2v) is 4.39. The molecule has 19 heavy (non-hydrogen) atoms. The lowest BCUT2D eigenvalue weighted by Gasteiger charge is -2.14. The molecular weight excluding hydrogens is 246 g/mol. The summed E-state index contributed by atoms with van der Waals surface area (Å²) in [5.41, 5.74) is -0.00496. The Morgan fingerprint density at radius 3 is 2.84 bits per heavy atom. The van der Waals surface area contributed by atoms with E-state index in [1.54, 1.807) is 12.1 Å². The van der Waals surface area contributed by atoms with Crippen LogP contribution in [-0.4, -0.2) is 23.6 Å². The van der Waals surface area contributed by atoms with Crippen LogP contribution in [0.4, 0.5) is 5.69 Å². The quantitative estimate of drug-likeness (QED) is 0.602. The predicted octanol–water partition coefficient (Wildman–Crippen LogP) is 2.25. The first-order valence-corrected chi connectivity index (χ1v) is 6.06. The van der Waals surface area contributed by atoms with Gasteiger partial charge in [0.05, 0.1) is 29.7 Å². The number of hydrogen-bond donors (Lipinski definition) is 1. The number of benzene rings is 1. The molecule has 0 aromatic heterocycles. The van der Waals surface area contributed by atoms with Crippen molar-refractivity contribution in [1.29, 1.82) is 5.26 Å². The first-order valence-electron chi connectivity index (χ1n) is 6.06. The van der Waals surface area contributed by atoms with Gasteiger partial charge in [-0.3, -0.25) is 15.4 Å². The second-order valence-electron chi connectivity index (χ2n) is 4.39. The van der Waals surface area contributed by atoms with E-state index in [4.69, 9.17) is 10.00 Å². The van der Waals surface area contributed by atoms with Gasteiger partial charge in [0, 0.05) is 18.5 Å². The highest BCUT2D eigenvalue weighted by Gasteiger charge is 2.10. The molecule has 0 heterocycles. The zero-order chi connectivity index (χ0) is 14.3. The van der Waals surface area contributed by atoms with E-state index in [0.717, 1.165) is 0 Å². The van der Waals surface area contributed by atoms with Gasteiger partial charge in [-0.25, -0.2) is 0 Å². The molecule has 0 saturated carbocycles. The van der Waals surface area contributed by atoms with Gasteiger partial charge in [-0.15, -0.1) is 0 Å². The zero-order valence-corrected chi connectivity index (χ0v) is 11.0. The summed E-state index contributed by atoms with van der Waals surface area (Å²) >= 11 is 0. The van der Waals surface area contributed by atoms with E-state index < -0.39 is 4.92 Å². The van der Waals surface area contributed by atoms with Crippen LogP contribution >= 0.6 is 0 Å². The Bertz CT molecular complexity index is 468. The molecule has 0 radical (unpaired) electrons. The Balaban J connectivity index is 2.46. The molecule has 0 bridgehead atoms. The molecule has 0 saturated heterocycles. The molecule has 102 valence electrons. The molecule has 1 atom stereocenters. The van der Waals surface area contributed by atoms with Crippen molar-refractivity contribution in [2.75, 3.05) is 6.61 Å². The largest absolute Gasteiger partial charge is 0.493 e. The number of nitro benzene ring substituents is 1. The van der Waals surface area contributed by atoms with Crippen LogP contribution in [0.5, 0.6) is 5.75 Å². The fourth-order valence-electron chi connectivity index (χ4n) is 1.57. The summed E-state index contributed by atoms with van der Waals surface area (Å²) in [6.45, 7) is 4.26. The lowest BCUT2D eigenvalue weighted by molar-refractivity contribution is -0.384. The average Bonchev–Trinajstić information content (AvgIpc) is 2.37. The van der Waals surface area contributed by atoms with Gasteiger partial charge in [-0.2, -0.15) is 5.26 Å². The van der Waals surface area contributed by atoms with Gasteiger partial charge in [0.25, 0.3) is 5.69 Å². The molecule has 0 aliphatic heterocycles. The number of nitriles is 1. The minimum Gasteiger partial charge on any atom is -0.493 e. The zero-order valence-electron chi connectivity index (χ0n) is 11.0. The van der Waals surface area contributed by atoms with Crippen molar-refractivity contribution in [2.24, 2.45) is 0 Å². The Morgan fingerprint density at radius 2 is 2.26 bits per heavy atom. The van der Waals surface area contributed by atoms with Crippen molar-refractivity contribution in [3.8, 4) is 11.8 Å². The minimum atomic E-state index is -0.467. The summed E-state index contributed by atoms with van der Waals surface area (Å²) in [5, 5.41) is 22.6. The highest BCUT2D eigenvalue weighted by atomic mass is 16.6. The average molecular weight is 263 g/mol. The molecule has 1 N–H and O–H groups in total. The van der Waals surface area contributed by atoms with E-state index in [-0.39, 0.29) is 17.8 Å². The van der Waals surface area contributed by atoms with Gasteiger partial charge < -0.3 is 4.74 Å². The smallest absolute Gasteiger partial charge is 0.273 e. The number of hydrogen-bond acceptors (Lipinski definition) is 5. The van der Waals surface area contributed by atoms with Crippen LogP contribution in [0.3, 0.4) is 0 Å². The Labute approximate surface area is 112 Å². The minimum absolute atomic E-state index is 0.00496. The van der Waals surface area contributed by atoms with Gasteiger partial charge in [0.2, 0.25) is 0 Å². The topological polar surface area (TPSA) is 88.2 Å². The van der Waals surface area contributed by atoms with Crippen molar-refractivity contribution in [1.82, 2.24) is 5.32 Å². The van der Waals surface area contributed by atoms with Gasteiger partial charge in [-0.05, 0) is 19.9 Å². The molecular formula is C13H17N3O3. The van der Waals surface area contributed by atoms with Crippen molar-refractivity contribution in [2.45, 2.75) is 32.4 Å². The Hall–Kier alpha value is -2.13. The molecule has 1 unspecified atom stereocenters. The normalized spacial score (nSPS) is 11.9. The first-order chi connectivity index (χ1) is 9.02. The molecule has 1 aromatic carbocycles. The molecule has 0 spiro atoms. The van der Waals surface area contributed by atoms with Crippen LogP contribution in [0.2, 0.25) is 0 Å². The second kappa shape index (κ2) is 7.34. The number of nitrogens with one attached hydrogen (secondary N) is 1. The number of nitro groups is 1. The van der Waals surface area contributed by atoms with E-state index in [1.165, 1.54) is 12.1 Å². The predicted molar refractivity (Wildman–Crippen MR) is 70.9 cm³/mol.